The zero-order chi connectivity index (χ0) is 18.3. The first-order valence-electron chi connectivity index (χ1n) is 8.13. The molecule has 4 rings (SSSR count). The van der Waals surface area contributed by atoms with Crippen LogP contribution in [-0.2, 0) is 10.0 Å². The average Bonchev–Trinajstić information content (AvgIpc) is 3.42. The number of nitrogens with zero attached hydrogens (tertiary/aromatic N) is 2. The van der Waals surface area contributed by atoms with Crippen molar-refractivity contribution in [1.82, 2.24) is 9.97 Å². The lowest BCUT2D eigenvalue weighted by Gasteiger charge is -2.05. The summed E-state index contributed by atoms with van der Waals surface area (Å²) >= 11 is 0. The van der Waals surface area contributed by atoms with Crippen molar-refractivity contribution in [3.8, 4) is 11.3 Å². The molecule has 1 fully saturated rings. The van der Waals surface area contributed by atoms with Crippen molar-refractivity contribution in [3.05, 3.63) is 78.0 Å². The SMILES string of the molecule is NS(=O)(=O)c1ccc(C2CC2c2nccc(-c3cccc(F)c3)n2)cc1. The fourth-order valence-electron chi connectivity index (χ4n) is 3.11. The highest BCUT2D eigenvalue weighted by Gasteiger charge is 2.41. The summed E-state index contributed by atoms with van der Waals surface area (Å²) in [6.45, 7) is 0. The number of benzene rings is 2. The second kappa shape index (κ2) is 6.26. The van der Waals surface area contributed by atoms with Crippen LogP contribution in [-0.4, -0.2) is 18.4 Å². The van der Waals surface area contributed by atoms with Gasteiger partial charge in [-0.25, -0.2) is 27.9 Å². The van der Waals surface area contributed by atoms with E-state index in [4.69, 9.17) is 5.14 Å². The highest BCUT2D eigenvalue weighted by atomic mass is 32.2. The molecule has 1 aliphatic rings. The summed E-state index contributed by atoms with van der Waals surface area (Å²) in [5, 5.41) is 5.12. The third-order valence-corrected chi connectivity index (χ3v) is 5.48. The molecule has 1 aliphatic carbocycles. The Morgan fingerprint density at radius 3 is 2.50 bits per heavy atom. The van der Waals surface area contributed by atoms with E-state index >= 15 is 0 Å². The predicted octanol–water partition coefficient (Wildman–Crippen LogP) is 3.20. The van der Waals surface area contributed by atoms with Gasteiger partial charge in [-0.3, -0.25) is 0 Å². The van der Waals surface area contributed by atoms with Crippen LogP contribution in [0.5, 0.6) is 0 Å². The number of hydrogen-bond acceptors (Lipinski definition) is 4. The van der Waals surface area contributed by atoms with Gasteiger partial charge in [-0.05, 0) is 48.2 Å². The van der Waals surface area contributed by atoms with Crippen molar-refractivity contribution in [2.45, 2.75) is 23.2 Å². The molecule has 2 atom stereocenters. The Morgan fingerprint density at radius 2 is 1.81 bits per heavy atom. The average molecular weight is 369 g/mol. The number of aromatic nitrogens is 2. The first-order valence-corrected chi connectivity index (χ1v) is 9.68. The summed E-state index contributed by atoms with van der Waals surface area (Å²) in [6, 6.07) is 14.7. The molecule has 2 N–H and O–H groups in total. The predicted molar refractivity (Wildman–Crippen MR) is 95.3 cm³/mol. The first kappa shape index (κ1) is 16.8. The lowest BCUT2D eigenvalue weighted by molar-refractivity contribution is 0.597. The van der Waals surface area contributed by atoms with Gasteiger partial charge in [0.15, 0.2) is 0 Å². The van der Waals surface area contributed by atoms with E-state index in [2.05, 4.69) is 9.97 Å². The summed E-state index contributed by atoms with van der Waals surface area (Å²) in [5.74, 6) is 0.824. The number of primary sulfonamides is 1. The Balaban J connectivity index is 1.56. The van der Waals surface area contributed by atoms with Gasteiger partial charge < -0.3 is 0 Å². The summed E-state index contributed by atoms with van der Waals surface area (Å²) < 4.78 is 36.1. The molecule has 2 unspecified atom stereocenters. The van der Waals surface area contributed by atoms with E-state index in [0.29, 0.717) is 17.1 Å². The van der Waals surface area contributed by atoms with Gasteiger partial charge in [0.2, 0.25) is 10.0 Å². The Kier molecular flexibility index (Phi) is 4.05. The Hall–Kier alpha value is -2.64. The molecule has 26 heavy (non-hydrogen) atoms. The molecular weight excluding hydrogens is 353 g/mol. The van der Waals surface area contributed by atoms with Crippen molar-refractivity contribution in [1.29, 1.82) is 0 Å². The summed E-state index contributed by atoms with van der Waals surface area (Å²) in [5.41, 5.74) is 2.43. The normalized spacial score (nSPS) is 19.3. The van der Waals surface area contributed by atoms with E-state index in [9.17, 15) is 12.8 Å². The van der Waals surface area contributed by atoms with Crippen molar-refractivity contribution in [3.63, 3.8) is 0 Å². The van der Waals surface area contributed by atoms with Crippen molar-refractivity contribution in [2.75, 3.05) is 0 Å². The molecule has 0 saturated heterocycles. The van der Waals surface area contributed by atoms with Crippen LogP contribution in [0.2, 0.25) is 0 Å². The number of sulfonamides is 1. The molecular formula is C19H16FN3O2S. The zero-order valence-electron chi connectivity index (χ0n) is 13.7. The van der Waals surface area contributed by atoms with Gasteiger partial charge in [0.05, 0.1) is 10.6 Å². The minimum atomic E-state index is -3.69. The van der Waals surface area contributed by atoms with Crippen molar-refractivity contribution in [2.24, 2.45) is 5.14 Å². The van der Waals surface area contributed by atoms with Crippen LogP contribution >= 0.6 is 0 Å². The first-order chi connectivity index (χ1) is 12.4. The maximum Gasteiger partial charge on any atom is 0.238 e. The molecule has 0 aliphatic heterocycles. The molecule has 0 radical (unpaired) electrons. The van der Waals surface area contributed by atoms with Gasteiger partial charge in [-0.15, -0.1) is 0 Å². The van der Waals surface area contributed by atoms with Crippen LogP contribution in [0.3, 0.4) is 0 Å². The van der Waals surface area contributed by atoms with Crippen LogP contribution in [0.4, 0.5) is 4.39 Å². The molecule has 1 saturated carbocycles. The second-order valence-corrected chi connectivity index (χ2v) is 7.93. The van der Waals surface area contributed by atoms with Crippen LogP contribution in [0.1, 0.15) is 29.6 Å². The maximum atomic E-state index is 13.4. The molecule has 132 valence electrons. The lowest BCUT2D eigenvalue weighted by Crippen LogP contribution is -2.11. The lowest BCUT2D eigenvalue weighted by atomic mass is 10.1. The fraction of sp³-hybridized carbons (Fsp3) is 0.158. The van der Waals surface area contributed by atoms with Crippen molar-refractivity contribution >= 4 is 10.0 Å². The zero-order valence-corrected chi connectivity index (χ0v) is 14.5. The minimum absolute atomic E-state index is 0.0998. The number of rotatable bonds is 4. The highest BCUT2D eigenvalue weighted by Crippen LogP contribution is 2.53. The minimum Gasteiger partial charge on any atom is -0.241 e. The second-order valence-electron chi connectivity index (χ2n) is 6.37. The Morgan fingerprint density at radius 1 is 1.04 bits per heavy atom. The van der Waals surface area contributed by atoms with Gasteiger partial charge in [0.25, 0.3) is 0 Å². The number of hydrogen-bond donors (Lipinski definition) is 1. The van der Waals surface area contributed by atoms with Crippen LogP contribution < -0.4 is 5.14 Å². The van der Waals surface area contributed by atoms with Crippen LogP contribution in [0.25, 0.3) is 11.3 Å². The van der Waals surface area contributed by atoms with E-state index in [1.54, 1.807) is 30.5 Å². The monoisotopic (exact) mass is 369 g/mol. The summed E-state index contributed by atoms with van der Waals surface area (Å²) in [4.78, 5) is 9.05. The largest absolute Gasteiger partial charge is 0.241 e. The van der Waals surface area contributed by atoms with E-state index in [1.165, 1.54) is 24.3 Å². The molecule has 7 heteroatoms. The molecule has 3 aromatic rings. The van der Waals surface area contributed by atoms with Crippen molar-refractivity contribution < 1.29 is 12.8 Å². The molecule has 5 nitrogen and oxygen atoms in total. The van der Waals surface area contributed by atoms with Gasteiger partial charge in [-0.2, -0.15) is 0 Å². The highest BCUT2D eigenvalue weighted by molar-refractivity contribution is 7.89. The van der Waals surface area contributed by atoms with Gasteiger partial charge in [0.1, 0.15) is 11.6 Å². The Labute approximate surface area is 150 Å². The molecule has 0 bridgehead atoms. The van der Waals surface area contributed by atoms with Crippen LogP contribution in [0, 0.1) is 5.82 Å². The summed E-state index contributed by atoms with van der Waals surface area (Å²) in [7, 11) is -3.69. The molecule has 0 spiro atoms. The van der Waals surface area contributed by atoms with Gasteiger partial charge >= 0.3 is 0 Å². The third-order valence-electron chi connectivity index (χ3n) is 4.55. The molecule has 1 heterocycles. The number of nitrogens with two attached hydrogens (primary N) is 1. The fourth-order valence-corrected chi connectivity index (χ4v) is 3.63. The standard InChI is InChI=1S/C19H16FN3O2S/c20-14-3-1-2-13(10-14)18-8-9-22-19(23-18)17-11-16(17)12-4-6-15(7-5-12)26(21,24)25/h1-10,16-17H,11H2,(H2,21,24,25). The Bertz CT molecular complexity index is 1070. The van der Waals surface area contributed by atoms with Crippen LogP contribution in [0.15, 0.2) is 65.7 Å². The van der Waals surface area contributed by atoms with E-state index in [0.717, 1.165) is 12.0 Å². The number of halogens is 1. The smallest absolute Gasteiger partial charge is 0.238 e. The summed E-state index contributed by atoms with van der Waals surface area (Å²) in [6.07, 6.45) is 2.57. The van der Waals surface area contributed by atoms with E-state index in [1.807, 2.05) is 6.07 Å². The van der Waals surface area contributed by atoms with E-state index < -0.39 is 10.0 Å². The van der Waals surface area contributed by atoms with E-state index in [-0.39, 0.29) is 22.5 Å². The molecule has 0 amide bonds. The quantitative estimate of drug-likeness (QED) is 0.765. The maximum absolute atomic E-state index is 13.4. The van der Waals surface area contributed by atoms with Gasteiger partial charge in [0, 0.05) is 17.7 Å². The topological polar surface area (TPSA) is 85.9 Å². The third kappa shape index (κ3) is 3.36. The van der Waals surface area contributed by atoms with Gasteiger partial charge in [-0.1, -0.05) is 24.3 Å². The molecule has 2 aromatic carbocycles. The molecule has 1 aromatic heterocycles.